The SMILES string of the molecule is Cc1nc(NCc2ccc(Cl)cc2F)ccc1Br. The summed E-state index contributed by atoms with van der Waals surface area (Å²) in [5.74, 6) is 0.397. The van der Waals surface area contributed by atoms with Gasteiger partial charge >= 0.3 is 0 Å². The van der Waals surface area contributed by atoms with Crippen molar-refractivity contribution in [2.24, 2.45) is 0 Å². The average molecular weight is 330 g/mol. The molecule has 5 heteroatoms. The van der Waals surface area contributed by atoms with Crippen molar-refractivity contribution in [3.05, 3.63) is 56.9 Å². The van der Waals surface area contributed by atoms with Gasteiger partial charge in [-0.3, -0.25) is 0 Å². The summed E-state index contributed by atoms with van der Waals surface area (Å²) in [7, 11) is 0. The molecule has 0 saturated carbocycles. The zero-order chi connectivity index (χ0) is 13.1. The minimum atomic E-state index is -0.316. The van der Waals surface area contributed by atoms with E-state index in [2.05, 4.69) is 26.2 Å². The van der Waals surface area contributed by atoms with E-state index in [1.807, 2.05) is 19.1 Å². The number of nitrogens with zero attached hydrogens (tertiary/aromatic N) is 1. The van der Waals surface area contributed by atoms with Gasteiger partial charge < -0.3 is 5.32 Å². The van der Waals surface area contributed by atoms with Gasteiger partial charge in [-0.1, -0.05) is 17.7 Å². The summed E-state index contributed by atoms with van der Waals surface area (Å²) < 4.78 is 14.5. The van der Waals surface area contributed by atoms with Crippen molar-refractivity contribution in [1.29, 1.82) is 0 Å². The fourth-order valence-corrected chi connectivity index (χ4v) is 1.87. The molecule has 0 saturated heterocycles. The zero-order valence-electron chi connectivity index (χ0n) is 9.67. The number of nitrogens with one attached hydrogen (secondary N) is 1. The number of aromatic nitrogens is 1. The molecule has 0 spiro atoms. The molecular weight excluding hydrogens is 319 g/mol. The molecule has 0 radical (unpaired) electrons. The number of rotatable bonds is 3. The van der Waals surface area contributed by atoms with E-state index in [9.17, 15) is 4.39 Å². The third-order valence-electron chi connectivity index (χ3n) is 2.50. The number of benzene rings is 1. The van der Waals surface area contributed by atoms with E-state index >= 15 is 0 Å². The van der Waals surface area contributed by atoms with E-state index in [0.717, 1.165) is 10.2 Å². The first kappa shape index (κ1) is 13.3. The molecule has 0 aliphatic rings. The third-order valence-corrected chi connectivity index (χ3v) is 3.57. The molecule has 1 aromatic heterocycles. The van der Waals surface area contributed by atoms with Gasteiger partial charge in [0.25, 0.3) is 0 Å². The summed E-state index contributed by atoms with van der Waals surface area (Å²) in [6, 6.07) is 8.38. The number of hydrogen-bond donors (Lipinski definition) is 1. The summed E-state index contributed by atoms with van der Waals surface area (Å²) in [5.41, 5.74) is 1.44. The van der Waals surface area contributed by atoms with Crippen molar-refractivity contribution in [3.8, 4) is 0 Å². The maximum atomic E-state index is 13.5. The van der Waals surface area contributed by atoms with Crippen molar-refractivity contribution in [2.45, 2.75) is 13.5 Å². The van der Waals surface area contributed by atoms with Crippen molar-refractivity contribution in [2.75, 3.05) is 5.32 Å². The van der Waals surface area contributed by atoms with Crippen LogP contribution in [0, 0.1) is 12.7 Å². The van der Waals surface area contributed by atoms with Crippen LogP contribution >= 0.6 is 27.5 Å². The molecule has 0 amide bonds. The van der Waals surface area contributed by atoms with Gasteiger partial charge in [-0.2, -0.15) is 0 Å². The highest BCUT2D eigenvalue weighted by Crippen LogP contribution is 2.18. The molecule has 1 heterocycles. The van der Waals surface area contributed by atoms with Crippen LogP contribution in [0.25, 0.3) is 0 Å². The minimum absolute atomic E-state index is 0.316. The van der Waals surface area contributed by atoms with Crippen LogP contribution in [0.2, 0.25) is 5.02 Å². The Morgan fingerprint density at radius 3 is 2.78 bits per heavy atom. The molecule has 2 aromatic rings. The van der Waals surface area contributed by atoms with E-state index in [4.69, 9.17) is 11.6 Å². The first-order valence-electron chi connectivity index (χ1n) is 5.37. The quantitative estimate of drug-likeness (QED) is 0.893. The zero-order valence-corrected chi connectivity index (χ0v) is 12.0. The molecule has 0 aliphatic carbocycles. The Bertz CT molecular complexity index is 575. The second kappa shape index (κ2) is 5.67. The molecule has 0 fully saturated rings. The van der Waals surface area contributed by atoms with Crippen LogP contribution < -0.4 is 5.32 Å². The largest absolute Gasteiger partial charge is 0.366 e. The van der Waals surface area contributed by atoms with Crippen molar-refractivity contribution >= 4 is 33.3 Å². The van der Waals surface area contributed by atoms with E-state index in [-0.39, 0.29) is 5.82 Å². The molecule has 18 heavy (non-hydrogen) atoms. The Kier molecular flexibility index (Phi) is 4.19. The molecule has 94 valence electrons. The highest BCUT2D eigenvalue weighted by Gasteiger charge is 2.04. The predicted octanol–water partition coefficient (Wildman–Crippen LogP) is 4.56. The Hall–Kier alpha value is -1.13. The van der Waals surface area contributed by atoms with Gasteiger partial charge in [-0.05, 0) is 47.1 Å². The van der Waals surface area contributed by atoms with E-state index in [0.29, 0.717) is 22.9 Å². The van der Waals surface area contributed by atoms with Crippen LogP contribution in [0.1, 0.15) is 11.3 Å². The number of pyridine rings is 1. The van der Waals surface area contributed by atoms with Crippen molar-refractivity contribution in [3.63, 3.8) is 0 Å². The predicted molar refractivity (Wildman–Crippen MR) is 75.4 cm³/mol. The monoisotopic (exact) mass is 328 g/mol. The summed E-state index contributed by atoms with van der Waals surface area (Å²) in [5, 5.41) is 3.47. The maximum Gasteiger partial charge on any atom is 0.129 e. The fourth-order valence-electron chi connectivity index (χ4n) is 1.49. The molecule has 1 aromatic carbocycles. The second-order valence-corrected chi connectivity index (χ2v) is 5.14. The molecule has 0 aliphatic heterocycles. The minimum Gasteiger partial charge on any atom is -0.366 e. The summed E-state index contributed by atoms with van der Waals surface area (Å²) >= 11 is 9.07. The maximum absolute atomic E-state index is 13.5. The fraction of sp³-hybridized carbons (Fsp3) is 0.154. The lowest BCUT2D eigenvalue weighted by atomic mass is 10.2. The van der Waals surface area contributed by atoms with Crippen molar-refractivity contribution in [1.82, 2.24) is 4.98 Å². The van der Waals surface area contributed by atoms with Gasteiger partial charge in [0.1, 0.15) is 11.6 Å². The molecule has 1 N–H and O–H groups in total. The summed E-state index contributed by atoms with van der Waals surface area (Å²) in [4.78, 5) is 4.33. The van der Waals surface area contributed by atoms with Gasteiger partial charge in [-0.25, -0.2) is 9.37 Å². The van der Waals surface area contributed by atoms with Gasteiger partial charge in [0.15, 0.2) is 0 Å². The normalized spacial score (nSPS) is 10.4. The molecular formula is C13H11BrClFN2. The van der Waals surface area contributed by atoms with Crippen LogP contribution in [-0.4, -0.2) is 4.98 Å². The number of hydrogen-bond acceptors (Lipinski definition) is 2. The standard InChI is InChI=1S/C13H11BrClFN2/c1-8-11(14)4-5-13(18-8)17-7-9-2-3-10(15)6-12(9)16/h2-6H,7H2,1H3,(H,17,18). The average Bonchev–Trinajstić information content (AvgIpc) is 2.32. The highest BCUT2D eigenvalue weighted by atomic mass is 79.9. The van der Waals surface area contributed by atoms with E-state index in [1.165, 1.54) is 6.07 Å². The van der Waals surface area contributed by atoms with Crippen LogP contribution in [0.15, 0.2) is 34.8 Å². The molecule has 2 nitrogen and oxygen atoms in total. The smallest absolute Gasteiger partial charge is 0.129 e. The summed E-state index contributed by atoms with van der Waals surface area (Å²) in [6.45, 7) is 2.27. The topological polar surface area (TPSA) is 24.9 Å². The van der Waals surface area contributed by atoms with Crippen LogP contribution in [0.5, 0.6) is 0 Å². The Balaban J connectivity index is 2.09. The van der Waals surface area contributed by atoms with Crippen LogP contribution in [0.3, 0.4) is 0 Å². The number of halogens is 3. The van der Waals surface area contributed by atoms with Gasteiger partial charge in [-0.15, -0.1) is 0 Å². The number of anilines is 1. The Morgan fingerprint density at radius 2 is 2.11 bits per heavy atom. The Labute approximate surface area is 118 Å². The summed E-state index contributed by atoms with van der Waals surface area (Å²) in [6.07, 6.45) is 0. The lowest BCUT2D eigenvalue weighted by molar-refractivity contribution is 0.613. The van der Waals surface area contributed by atoms with Crippen molar-refractivity contribution < 1.29 is 4.39 Å². The first-order chi connectivity index (χ1) is 8.56. The van der Waals surface area contributed by atoms with Gasteiger partial charge in [0.05, 0.1) is 5.69 Å². The van der Waals surface area contributed by atoms with Gasteiger partial charge in [0.2, 0.25) is 0 Å². The van der Waals surface area contributed by atoms with Gasteiger partial charge in [0, 0.05) is 21.6 Å². The van der Waals surface area contributed by atoms with Crippen LogP contribution in [0.4, 0.5) is 10.2 Å². The molecule has 0 unspecified atom stereocenters. The lowest BCUT2D eigenvalue weighted by Crippen LogP contribution is -2.04. The lowest BCUT2D eigenvalue weighted by Gasteiger charge is -2.08. The van der Waals surface area contributed by atoms with E-state index in [1.54, 1.807) is 12.1 Å². The second-order valence-electron chi connectivity index (χ2n) is 3.85. The third kappa shape index (κ3) is 3.21. The van der Waals surface area contributed by atoms with E-state index < -0.39 is 0 Å². The molecule has 2 rings (SSSR count). The highest BCUT2D eigenvalue weighted by molar-refractivity contribution is 9.10. The molecule has 0 bridgehead atoms. The number of aryl methyl sites for hydroxylation is 1. The molecule has 0 atom stereocenters. The Morgan fingerprint density at radius 1 is 1.33 bits per heavy atom. The first-order valence-corrected chi connectivity index (χ1v) is 6.54. The van der Waals surface area contributed by atoms with Crippen LogP contribution in [-0.2, 0) is 6.54 Å².